The number of hydrogen-bond donors (Lipinski definition) is 0. The summed E-state index contributed by atoms with van der Waals surface area (Å²) in [5, 5.41) is 8.63. The first-order valence-electron chi connectivity index (χ1n) is 6.45. The fourth-order valence-corrected chi connectivity index (χ4v) is 2.13. The normalized spacial score (nSPS) is 16.2. The summed E-state index contributed by atoms with van der Waals surface area (Å²) in [6, 6.07) is 5.60. The predicted octanol–water partition coefficient (Wildman–Crippen LogP) is 1.43. The molecular weight excluding hydrogens is 272 g/mol. The molecule has 0 radical (unpaired) electrons. The van der Waals surface area contributed by atoms with Crippen LogP contribution in [0.4, 0.5) is 0 Å². The molecule has 0 aliphatic carbocycles. The van der Waals surface area contributed by atoms with Gasteiger partial charge < -0.3 is 4.74 Å². The van der Waals surface area contributed by atoms with Crippen molar-refractivity contribution in [3.8, 4) is 6.07 Å². The first-order chi connectivity index (χ1) is 9.86. The summed E-state index contributed by atoms with van der Waals surface area (Å²) < 4.78 is 4.85. The number of carbonyl (C=O) groups excluding carboxylic acids is 3. The number of ether oxygens (including phenoxy) is 1. The largest absolute Gasteiger partial charge is 0.446 e. The fraction of sp³-hybridized carbons (Fsp3) is 0.333. The number of nitriles is 1. The first-order valence-corrected chi connectivity index (χ1v) is 6.45. The monoisotopic (exact) mass is 286 g/mol. The average molecular weight is 286 g/mol. The second-order valence-electron chi connectivity index (χ2n) is 4.91. The highest BCUT2D eigenvalue weighted by molar-refractivity contribution is 6.22. The highest BCUT2D eigenvalue weighted by Gasteiger charge is 2.41. The summed E-state index contributed by atoms with van der Waals surface area (Å²) in [5.41, 5.74) is 1.41. The molecule has 2 atom stereocenters. The van der Waals surface area contributed by atoms with E-state index in [9.17, 15) is 14.4 Å². The Hall–Kier alpha value is -2.68. The van der Waals surface area contributed by atoms with Crippen molar-refractivity contribution >= 4 is 17.8 Å². The fourth-order valence-electron chi connectivity index (χ4n) is 2.13. The van der Waals surface area contributed by atoms with Crippen LogP contribution in [0.2, 0.25) is 0 Å². The zero-order valence-electron chi connectivity index (χ0n) is 11.9. The molecule has 1 aliphatic rings. The van der Waals surface area contributed by atoms with Crippen LogP contribution in [0, 0.1) is 18.3 Å². The van der Waals surface area contributed by atoms with Gasteiger partial charge in [-0.2, -0.15) is 5.26 Å². The molecule has 0 N–H and O–H groups in total. The molecule has 21 heavy (non-hydrogen) atoms. The van der Waals surface area contributed by atoms with Gasteiger partial charge in [0.15, 0.2) is 6.10 Å². The van der Waals surface area contributed by atoms with E-state index in [0.29, 0.717) is 0 Å². The van der Waals surface area contributed by atoms with Gasteiger partial charge in [-0.15, -0.1) is 0 Å². The maximum Gasteiger partial charge on any atom is 0.330 e. The van der Waals surface area contributed by atoms with E-state index >= 15 is 0 Å². The van der Waals surface area contributed by atoms with Gasteiger partial charge in [0.1, 0.15) is 12.1 Å². The standard InChI is InChI=1S/C15H14N2O4/c1-8-4-5-11-12(6-8)14(19)17(13(11)18)10(3)15(20)21-9(2)7-16/h4-6,9-10H,1-3H3/t9-,10+/m1/s1. The third-order valence-electron chi connectivity index (χ3n) is 3.28. The molecular formula is C15H14N2O4. The summed E-state index contributed by atoms with van der Waals surface area (Å²) in [4.78, 5) is 37.3. The van der Waals surface area contributed by atoms with Crippen LogP contribution < -0.4 is 0 Å². The molecule has 2 amide bonds. The number of hydrogen-bond acceptors (Lipinski definition) is 5. The van der Waals surface area contributed by atoms with Gasteiger partial charge in [-0.1, -0.05) is 11.6 Å². The highest BCUT2D eigenvalue weighted by atomic mass is 16.5. The smallest absolute Gasteiger partial charge is 0.330 e. The van der Waals surface area contributed by atoms with E-state index in [1.807, 2.05) is 6.92 Å². The molecule has 0 saturated heterocycles. The van der Waals surface area contributed by atoms with Gasteiger partial charge in [-0.05, 0) is 32.9 Å². The van der Waals surface area contributed by atoms with Crippen molar-refractivity contribution in [3.05, 3.63) is 34.9 Å². The van der Waals surface area contributed by atoms with Crippen LogP contribution in [0.15, 0.2) is 18.2 Å². The van der Waals surface area contributed by atoms with Crippen molar-refractivity contribution in [2.75, 3.05) is 0 Å². The van der Waals surface area contributed by atoms with Crippen LogP contribution in [-0.2, 0) is 9.53 Å². The van der Waals surface area contributed by atoms with Crippen molar-refractivity contribution < 1.29 is 19.1 Å². The first kappa shape index (κ1) is 14.7. The van der Waals surface area contributed by atoms with Crippen molar-refractivity contribution in [1.29, 1.82) is 5.26 Å². The van der Waals surface area contributed by atoms with Gasteiger partial charge in [0, 0.05) is 0 Å². The topological polar surface area (TPSA) is 87.5 Å². The Kier molecular flexibility index (Phi) is 3.76. The maximum atomic E-state index is 12.3. The quantitative estimate of drug-likeness (QED) is 0.619. The third kappa shape index (κ3) is 2.50. The molecule has 0 aromatic heterocycles. The van der Waals surface area contributed by atoms with Gasteiger partial charge in [-0.3, -0.25) is 14.5 Å². The molecule has 0 fully saturated rings. The minimum Gasteiger partial charge on any atom is -0.446 e. The number of rotatable bonds is 3. The molecule has 2 rings (SSSR count). The van der Waals surface area contributed by atoms with Crippen LogP contribution in [0.1, 0.15) is 40.1 Å². The van der Waals surface area contributed by atoms with E-state index in [-0.39, 0.29) is 11.1 Å². The number of aryl methyl sites for hydroxylation is 1. The van der Waals surface area contributed by atoms with Crippen molar-refractivity contribution in [1.82, 2.24) is 4.90 Å². The van der Waals surface area contributed by atoms with Gasteiger partial charge in [-0.25, -0.2) is 4.79 Å². The number of amides is 2. The number of fused-ring (bicyclic) bond motifs is 1. The molecule has 1 aliphatic heterocycles. The molecule has 0 saturated carbocycles. The molecule has 0 unspecified atom stereocenters. The summed E-state index contributed by atoms with van der Waals surface area (Å²) >= 11 is 0. The average Bonchev–Trinajstić information content (AvgIpc) is 2.69. The second kappa shape index (κ2) is 5.37. The minimum atomic E-state index is -1.08. The Bertz CT molecular complexity index is 675. The Morgan fingerprint density at radius 2 is 1.86 bits per heavy atom. The molecule has 108 valence electrons. The summed E-state index contributed by atoms with van der Waals surface area (Å²) in [7, 11) is 0. The number of imide groups is 1. The molecule has 1 heterocycles. The number of esters is 1. The molecule has 6 heteroatoms. The van der Waals surface area contributed by atoms with Gasteiger partial charge >= 0.3 is 5.97 Å². The summed E-state index contributed by atoms with van der Waals surface area (Å²) in [6.45, 7) is 4.63. The van der Waals surface area contributed by atoms with Crippen molar-refractivity contribution in [2.45, 2.75) is 32.9 Å². The Morgan fingerprint density at radius 1 is 1.24 bits per heavy atom. The number of nitrogens with zero attached hydrogens (tertiary/aromatic N) is 2. The summed E-state index contributed by atoms with van der Waals surface area (Å²) in [5.74, 6) is -1.83. The van der Waals surface area contributed by atoms with Gasteiger partial charge in [0.05, 0.1) is 11.1 Å². The van der Waals surface area contributed by atoms with Gasteiger partial charge in [0.2, 0.25) is 0 Å². The van der Waals surface area contributed by atoms with Crippen LogP contribution in [0.25, 0.3) is 0 Å². The molecule has 0 spiro atoms. The van der Waals surface area contributed by atoms with E-state index in [1.54, 1.807) is 24.3 Å². The summed E-state index contributed by atoms with van der Waals surface area (Å²) in [6.07, 6.45) is -0.933. The molecule has 6 nitrogen and oxygen atoms in total. The highest BCUT2D eigenvalue weighted by Crippen LogP contribution is 2.26. The van der Waals surface area contributed by atoms with E-state index in [2.05, 4.69) is 0 Å². The predicted molar refractivity (Wildman–Crippen MR) is 72.3 cm³/mol. The van der Waals surface area contributed by atoms with Crippen LogP contribution >= 0.6 is 0 Å². The van der Waals surface area contributed by atoms with E-state index in [1.165, 1.54) is 13.8 Å². The number of carbonyl (C=O) groups is 3. The minimum absolute atomic E-state index is 0.276. The van der Waals surface area contributed by atoms with E-state index in [4.69, 9.17) is 10.00 Å². The Labute approximate surface area is 121 Å². The second-order valence-corrected chi connectivity index (χ2v) is 4.91. The molecule has 0 bridgehead atoms. The van der Waals surface area contributed by atoms with Crippen LogP contribution in [-0.4, -0.2) is 34.8 Å². The lowest BCUT2D eigenvalue weighted by molar-refractivity contribution is -0.150. The maximum absolute atomic E-state index is 12.3. The number of benzene rings is 1. The van der Waals surface area contributed by atoms with E-state index < -0.39 is 29.9 Å². The van der Waals surface area contributed by atoms with Crippen molar-refractivity contribution in [2.24, 2.45) is 0 Å². The van der Waals surface area contributed by atoms with Gasteiger partial charge in [0.25, 0.3) is 11.8 Å². The zero-order chi connectivity index (χ0) is 15.7. The molecule has 1 aromatic rings. The SMILES string of the molecule is Cc1ccc2c(c1)C(=O)N([C@@H](C)C(=O)O[C@H](C)C#N)C2=O. The zero-order valence-corrected chi connectivity index (χ0v) is 11.9. The Morgan fingerprint density at radius 3 is 2.48 bits per heavy atom. The van der Waals surface area contributed by atoms with Crippen LogP contribution in [0.5, 0.6) is 0 Å². The third-order valence-corrected chi connectivity index (χ3v) is 3.28. The van der Waals surface area contributed by atoms with Crippen LogP contribution in [0.3, 0.4) is 0 Å². The lowest BCUT2D eigenvalue weighted by Gasteiger charge is -2.21. The van der Waals surface area contributed by atoms with Crippen molar-refractivity contribution in [3.63, 3.8) is 0 Å². The lowest BCUT2D eigenvalue weighted by Crippen LogP contribution is -2.44. The lowest BCUT2D eigenvalue weighted by atomic mass is 10.1. The molecule has 1 aromatic carbocycles. The Balaban J connectivity index is 2.27. The van der Waals surface area contributed by atoms with E-state index in [0.717, 1.165) is 10.5 Å².